The highest BCUT2D eigenvalue weighted by Crippen LogP contribution is 2.50. The highest BCUT2D eigenvalue weighted by atomic mass is 35.5. The number of rotatable bonds is 11. The molecule has 25 heteroatoms. The first-order valence-electron chi connectivity index (χ1n) is 35.5. The maximum absolute atomic E-state index is 12.8. The number of phenols is 1. The zero-order valence-corrected chi connectivity index (χ0v) is 63.9. The van der Waals surface area contributed by atoms with E-state index in [0.29, 0.717) is 58.8 Å². The molecule has 0 aliphatic carbocycles. The molecule has 0 aromatic heterocycles. The molecule has 0 saturated heterocycles. The van der Waals surface area contributed by atoms with Gasteiger partial charge in [-0.05, 0) is 204 Å². The van der Waals surface area contributed by atoms with Gasteiger partial charge < -0.3 is 51.9 Å². The van der Waals surface area contributed by atoms with Crippen molar-refractivity contribution in [3.63, 3.8) is 0 Å². The number of benzene rings is 8. The molecule has 1 N–H and O–H groups in total. The topological polar surface area (TPSA) is 231 Å². The smallest absolute Gasteiger partial charge is 0.504 e. The lowest BCUT2D eigenvalue weighted by Crippen LogP contribution is -2.39. The van der Waals surface area contributed by atoms with Crippen LogP contribution in [0.2, 0.25) is 0 Å². The minimum Gasteiger partial charge on any atom is -0.504 e. The summed E-state index contributed by atoms with van der Waals surface area (Å²) in [6.07, 6.45) is 7.04. The predicted molar refractivity (Wildman–Crippen MR) is 401 cm³/mol. The maximum atomic E-state index is 12.8. The van der Waals surface area contributed by atoms with Crippen molar-refractivity contribution >= 4 is 22.5 Å². The second-order valence-electron chi connectivity index (χ2n) is 27.8. The molecule has 0 fully saturated rings. The molecule has 0 amide bonds. The highest BCUT2D eigenvalue weighted by Gasteiger charge is 2.49. The van der Waals surface area contributed by atoms with E-state index in [2.05, 4.69) is 97.4 Å². The SMILES string of the molecule is COc1cc2c(cc1C)[C@@H]1Cc3ccc(C#N)c(OC)c3CN1CC2.COc1cc2c(cc1C)[C@@H]1Cc3ccc(OS(=O)(=O)C(F)(F)F)c(OC)c3CN1CC2.COc1cc2c(cc1O)[C@@H]1Cc3ccc(C#N)c(OC)c3CN1CC2.COc1cc2c(cc1OC)[C@@H]1Cc3ccc(C#N)c(OC)c3CN1CC2.Cl. The largest absolute Gasteiger partial charge is 0.534 e. The normalized spacial score (nSPS) is 18.3. The Kier molecular flexibility index (Phi) is 23.0. The molecule has 0 bridgehead atoms. The minimum absolute atomic E-state index is 0. The molecule has 108 heavy (non-hydrogen) atoms. The van der Waals surface area contributed by atoms with Gasteiger partial charge in [-0.1, -0.05) is 36.4 Å². The molecule has 8 aliphatic heterocycles. The third kappa shape index (κ3) is 14.5. The van der Waals surface area contributed by atoms with Crippen molar-refractivity contribution in [2.75, 3.05) is 90.2 Å². The van der Waals surface area contributed by atoms with Crippen molar-refractivity contribution in [1.29, 1.82) is 15.8 Å². The van der Waals surface area contributed by atoms with Gasteiger partial charge >= 0.3 is 15.6 Å². The van der Waals surface area contributed by atoms with Gasteiger partial charge in [0, 0.05) is 98.8 Å². The monoisotopic (exact) mass is 1510 g/mol. The molecule has 0 saturated carbocycles. The summed E-state index contributed by atoms with van der Waals surface area (Å²) in [4.78, 5) is 9.61. The molecule has 8 aromatic carbocycles. The molecule has 8 aliphatic rings. The lowest BCUT2D eigenvalue weighted by molar-refractivity contribution is -0.0500. The lowest BCUT2D eigenvalue weighted by atomic mass is 9.82. The number of nitrogens with zero attached hydrogens (tertiary/aromatic N) is 7. The molecule has 20 nitrogen and oxygen atoms in total. The minimum atomic E-state index is -5.79. The summed E-state index contributed by atoms with van der Waals surface area (Å²) in [6, 6.07) is 39.1. The van der Waals surface area contributed by atoms with Crippen LogP contribution in [-0.4, -0.2) is 129 Å². The summed E-state index contributed by atoms with van der Waals surface area (Å²) in [5.74, 6) is 5.82. The van der Waals surface area contributed by atoms with E-state index in [-0.39, 0.29) is 36.0 Å². The van der Waals surface area contributed by atoms with Crippen LogP contribution in [0.4, 0.5) is 13.2 Å². The van der Waals surface area contributed by atoms with Gasteiger partial charge in [0.05, 0.1) is 80.7 Å². The molecule has 0 spiro atoms. The number of alkyl halides is 3. The number of hydrogen-bond donors (Lipinski definition) is 1. The van der Waals surface area contributed by atoms with Crippen LogP contribution in [0.1, 0.15) is 141 Å². The second kappa shape index (κ2) is 32.0. The van der Waals surface area contributed by atoms with Crippen LogP contribution in [-0.2, 0) is 87.7 Å². The molecule has 0 radical (unpaired) electrons. The standard InChI is InChI=1S/C21H22F3NO5S.C21H22N2O3.C21H22N2O2.C20H20N2O3.ClH/c1-12-8-15-14(10-19(12)28-2)6-7-25-11-16-13(9-17(15)25)4-5-18(20(16)29-3)30-31(26,27)21(22,23)24;1-24-19-9-14-6-7-23-12-17-13(4-5-15(11-22)21(17)26-3)8-18(23)16(14)10-20(19)25-2;1-13-8-17-15(10-20(13)24-2)6-7-23-12-18-14(9-19(17)23)4-5-16(11-22)21(18)25-3;1-24-19-8-13-5-6-22-11-16-12(3-4-14(10-21)20(16)25-2)7-17(22)15(13)9-18(19)23;/h4-5,8,10,17H,6-7,9,11H2,1-3H3;4-5,9-10,18H,6-8,12H2,1-3H3;4-5,8,10,19H,6-7,9,12H2,1-3H3;3-4,8-9,17,23H,5-7,11H2,1-2H3;1H/t17-;18-;19-;17-;/m0000./s1. The fourth-order valence-corrected chi connectivity index (χ4v) is 17.6. The Labute approximate surface area is 634 Å². The number of hydrogen-bond acceptors (Lipinski definition) is 20. The first-order chi connectivity index (χ1) is 51.6. The van der Waals surface area contributed by atoms with Crippen LogP contribution in [0.25, 0.3) is 0 Å². The Bertz CT molecular complexity index is 4910. The van der Waals surface area contributed by atoms with Crippen molar-refractivity contribution in [2.24, 2.45) is 0 Å². The number of ether oxygens (including phenoxy) is 9. The maximum Gasteiger partial charge on any atom is 0.534 e. The average molecular weight is 1520 g/mol. The molecule has 4 atom stereocenters. The summed E-state index contributed by atoms with van der Waals surface area (Å²) in [5, 5.41) is 38.2. The van der Waals surface area contributed by atoms with Crippen LogP contribution in [0.3, 0.4) is 0 Å². The summed E-state index contributed by atoms with van der Waals surface area (Å²) >= 11 is 0. The van der Waals surface area contributed by atoms with Gasteiger partial charge in [-0.15, -0.1) is 12.4 Å². The van der Waals surface area contributed by atoms with E-state index in [4.69, 9.17) is 42.6 Å². The summed E-state index contributed by atoms with van der Waals surface area (Å²) < 4.78 is 115. The van der Waals surface area contributed by atoms with E-state index in [9.17, 15) is 42.5 Å². The lowest BCUT2D eigenvalue weighted by Gasteiger charge is -2.42. The van der Waals surface area contributed by atoms with Gasteiger partial charge in [-0.2, -0.15) is 37.4 Å². The number of halogens is 4. The van der Waals surface area contributed by atoms with E-state index < -0.39 is 21.4 Å². The predicted octanol–water partition coefficient (Wildman–Crippen LogP) is 14.0. The van der Waals surface area contributed by atoms with Crippen LogP contribution in [0.15, 0.2) is 97.1 Å². The molecule has 0 unspecified atom stereocenters. The van der Waals surface area contributed by atoms with Gasteiger partial charge in [-0.25, -0.2) is 0 Å². The van der Waals surface area contributed by atoms with Crippen LogP contribution < -0.4 is 46.8 Å². The van der Waals surface area contributed by atoms with E-state index in [0.717, 1.165) is 148 Å². The fraction of sp³-hybridized carbons (Fsp3) is 0.386. The van der Waals surface area contributed by atoms with Crippen LogP contribution in [0, 0.1) is 47.8 Å². The van der Waals surface area contributed by atoms with E-state index in [1.807, 2.05) is 43.3 Å². The highest BCUT2D eigenvalue weighted by molar-refractivity contribution is 7.88. The molecule has 8 heterocycles. The quantitative estimate of drug-likeness (QED) is 0.0937. The number of fused-ring (bicyclic) bond motifs is 16. The second-order valence-corrected chi connectivity index (χ2v) is 29.4. The van der Waals surface area contributed by atoms with Gasteiger partial charge in [0.1, 0.15) is 47.0 Å². The third-order valence-corrected chi connectivity index (χ3v) is 23.4. The summed E-state index contributed by atoms with van der Waals surface area (Å²) in [5.41, 5.74) is 17.5. The molecule has 8 aromatic rings. The van der Waals surface area contributed by atoms with E-state index >= 15 is 0 Å². The first-order valence-corrected chi connectivity index (χ1v) is 36.9. The summed E-state index contributed by atoms with van der Waals surface area (Å²) in [6.45, 7) is 10.6. The molecular formula is C83H87ClF3N7O13S. The first kappa shape index (κ1) is 77.5. The van der Waals surface area contributed by atoms with Crippen molar-refractivity contribution in [2.45, 2.75) is 121 Å². The molecule has 16 rings (SSSR count). The van der Waals surface area contributed by atoms with Gasteiger partial charge in [0.2, 0.25) is 0 Å². The van der Waals surface area contributed by atoms with E-state index in [1.54, 1.807) is 62.9 Å². The summed E-state index contributed by atoms with van der Waals surface area (Å²) in [7, 11) is 8.73. The van der Waals surface area contributed by atoms with Crippen molar-refractivity contribution in [3.05, 3.63) is 214 Å². The molecular weight excluding hydrogens is 1430 g/mol. The van der Waals surface area contributed by atoms with Crippen LogP contribution in [0.5, 0.6) is 63.2 Å². The Hall–Kier alpha value is -10.1. The molecule has 566 valence electrons. The number of nitriles is 3. The number of aromatic hydroxyl groups is 1. The van der Waals surface area contributed by atoms with Crippen molar-refractivity contribution in [1.82, 2.24) is 19.6 Å². The van der Waals surface area contributed by atoms with E-state index in [1.165, 1.54) is 85.5 Å². The van der Waals surface area contributed by atoms with Crippen LogP contribution >= 0.6 is 12.4 Å². The fourth-order valence-electron chi connectivity index (χ4n) is 17.1. The van der Waals surface area contributed by atoms with Gasteiger partial charge in [-0.3, -0.25) is 19.6 Å². The van der Waals surface area contributed by atoms with Crippen molar-refractivity contribution < 1.29 is 73.5 Å². The Morgan fingerprint density at radius 2 is 0.685 bits per heavy atom. The Morgan fingerprint density at radius 3 is 1.01 bits per heavy atom. The average Bonchev–Trinajstić information content (AvgIpc) is 0.767. The third-order valence-electron chi connectivity index (χ3n) is 22.4. The Balaban J connectivity index is 0.000000135. The number of aryl methyl sites for hydroxylation is 2. The van der Waals surface area contributed by atoms with Gasteiger partial charge in [0.15, 0.2) is 34.5 Å². The Morgan fingerprint density at radius 1 is 0.389 bits per heavy atom. The number of phenolic OH excluding ortho intramolecular Hbond substituents is 1. The van der Waals surface area contributed by atoms with Gasteiger partial charge in [0.25, 0.3) is 0 Å². The zero-order valence-electron chi connectivity index (χ0n) is 62.3. The number of methoxy groups -OCH3 is 9. The van der Waals surface area contributed by atoms with Crippen molar-refractivity contribution in [3.8, 4) is 81.5 Å². The zero-order chi connectivity index (χ0) is 75.9.